The molecule has 0 aromatic heterocycles. The van der Waals surface area contributed by atoms with Crippen LogP contribution >= 0.6 is 0 Å². The second-order valence-electron chi connectivity index (χ2n) is 5.33. The number of benzene rings is 1. The summed E-state index contributed by atoms with van der Waals surface area (Å²) in [5.41, 5.74) is 3.83. The first-order valence-electron chi connectivity index (χ1n) is 6.09. The molecule has 0 aliphatic carbocycles. The van der Waals surface area contributed by atoms with Gasteiger partial charge < -0.3 is 0 Å². The van der Waals surface area contributed by atoms with Crippen molar-refractivity contribution in [2.75, 3.05) is 0 Å². The Labute approximate surface area is 99.6 Å². The first-order chi connectivity index (χ1) is 7.45. The van der Waals surface area contributed by atoms with Gasteiger partial charge in [0.25, 0.3) is 0 Å². The van der Waals surface area contributed by atoms with Crippen LogP contribution in [0.2, 0.25) is 0 Å². The van der Waals surface area contributed by atoms with E-state index in [-0.39, 0.29) is 5.41 Å². The van der Waals surface area contributed by atoms with Gasteiger partial charge in [-0.2, -0.15) is 0 Å². The highest BCUT2D eigenvalue weighted by Gasteiger charge is 2.14. The molecular weight excluding hydrogens is 194 g/mol. The van der Waals surface area contributed by atoms with Crippen LogP contribution in [0.5, 0.6) is 0 Å². The van der Waals surface area contributed by atoms with Gasteiger partial charge in [-0.1, -0.05) is 52.3 Å². The molecule has 0 atom stereocenters. The minimum atomic E-state index is 0.152. The van der Waals surface area contributed by atoms with E-state index < -0.39 is 0 Å². The van der Waals surface area contributed by atoms with Crippen LogP contribution in [0.3, 0.4) is 0 Å². The van der Waals surface area contributed by atoms with E-state index >= 15 is 0 Å². The normalized spacial score (nSPS) is 12.9. The summed E-state index contributed by atoms with van der Waals surface area (Å²) in [7, 11) is 0. The zero-order valence-corrected chi connectivity index (χ0v) is 11.2. The van der Waals surface area contributed by atoms with Crippen LogP contribution in [0.1, 0.15) is 46.6 Å². The Kier molecular flexibility index (Phi) is 4.28. The van der Waals surface area contributed by atoms with Gasteiger partial charge in [-0.05, 0) is 30.4 Å². The van der Waals surface area contributed by atoms with Crippen molar-refractivity contribution in [1.29, 1.82) is 0 Å². The molecule has 0 saturated carbocycles. The second kappa shape index (κ2) is 5.29. The molecule has 1 rings (SSSR count). The molecule has 0 amide bonds. The van der Waals surface area contributed by atoms with Crippen LogP contribution in [0.25, 0.3) is 0 Å². The van der Waals surface area contributed by atoms with Gasteiger partial charge >= 0.3 is 0 Å². The third-order valence-electron chi connectivity index (χ3n) is 2.88. The number of rotatable bonds is 3. The van der Waals surface area contributed by atoms with E-state index in [9.17, 15) is 0 Å². The van der Waals surface area contributed by atoms with Gasteiger partial charge in [0.1, 0.15) is 0 Å². The smallest absolute Gasteiger partial charge is 0.0661 e. The summed E-state index contributed by atoms with van der Waals surface area (Å²) in [5.74, 6) is 0. The molecule has 0 fully saturated rings. The molecule has 0 saturated heterocycles. The van der Waals surface area contributed by atoms with Crippen molar-refractivity contribution in [3.8, 4) is 0 Å². The predicted molar refractivity (Wildman–Crippen MR) is 72.7 cm³/mol. The number of aryl methyl sites for hydroxylation is 1. The highest BCUT2D eigenvalue weighted by molar-refractivity contribution is 5.89. The second-order valence-corrected chi connectivity index (χ2v) is 5.33. The third-order valence-corrected chi connectivity index (χ3v) is 2.88. The number of nitrogens with zero attached hydrogens (tertiary/aromatic N) is 1. The molecule has 1 nitrogen and oxygen atoms in total. The molecule has 0 heterocycles. The van der Waals surface area contributed by atoms with Crippen molar-refractivity contribution in [1.82, 2.24) is 0 Å². The lowest BCUT2D eigenvalue weighted by molar-refractivity contribution is 0.588. The fourth-order valence-corrected chi connectivity index (χ4v) is 1.45. The SMILES string of the molecule is CCCc1ccccc1N=C(C)C(C)(C)C. The van der Waals surface area contributed by atoms with Crippen molar-refractivity contribution >= 4 is 11.4 Å². The number of aliphatic imine (C=N–C) groups is 1. The largest absolute Gasteiger partial charge is 0.257 e. The Morgan fingerprint density at radius 2 is 1.81 bits per heavy atom. The third kappa shape index (κ3) is 3.48. The Balaban J connectivity index is 3.05. The standard InChI is InChI=1S/C15H23N/c1-6-9-13-10-7-8-11-14(13)16-12(2)15(3,4)5/h7-8,10-11H,6,9H2,1-5H3. The fraction of sp³-hybridized carbons (Fsp3) is 0.533. The van der Waals surface area contributed by atoms with Crippen molar-refractivity contribution < 1.29 is 0 Å². The first kappa shape index (κ1) is 13.0. The van der Waals surface area contributed by atoms with E-state index in [0.29, 0.717) is 0 Å². The van der Waals surface area contributed by atoms with Gasteiger partial charge in [-0.25, -0.2) is 0 Å². The monoisotopic (exact) mass is 217 g/mol. The molecule has 0 radical (unpaired) electrons. The number of hydrogen-bond donors (Lipinski definition) is 0. The Hall–Kier alpha value is -1.11. The zero-order chi connectivity index (χ0) is 12.2. The summed E-state index contributed by atoms with van der Waals surface area (Å²) in [6, 6.07) is 8.45. The summed E-state index contributed by atoms with van der Waals surface area (Å²) in [6.45, 7) is 10.9. The predicted octanol–water partition coefficient (Wildman–Crippen LogP) is 4.78. The van der Waals surface area contributed by atoms with Crippen LogP contribution < -0.4 is 0 Å². The van der Waals surface area contributed by atoms with Crippen LogP contribution in [0.15, 0.2) is 29.3 Å². The van der Waals surface area contributed by atoms with Crippen molar-refractivity contribution in [2.24, 2.45) is 10.4 Å². The average Bonchev–Trinajstić information content (AvgIpc) is 2.20. The van der Waals surface area contributed by atoms with E-state index in [4.69, 9.17) is 4.99 Å². The minimum absolute atomic E-state index is 0.152. The summed E-state index contributed by atoms with van der Waals surface area (Å²) in [6.07, 6.45) is 2.28. The molecule has 0 aliphatic heterocycles. The van der Waals surface area contributed by atoms with Crippen LogP contribution in [-0.2, 0) is 6.42 Å². The topological polar surface area (TPSA) is 12.4 Å². The Bertz CT molecular complexity index is 369. The lowest BCUT2D eigenvalue weighted by atomic mass is 9.91. The maximum atomic E-state index is 4.77. The van der Waals surface area contributed by atoms with Gasteiger partial charge in [0.2, 0.25) is 0 Å². The van der Waals surface area contributed by atoms with Crippen molar-refractivity contribution in [3.05, 3.63) is 29.8 Å². The Morgan fingerprint density at radius 3 is 2.38 bits per heavy atom. The molecular formula is C15H23N. The molecule has 0 N–H and O–H groups in total. The van der Waals surface area contributed by atoms with E-state index in [1.54, 1.807) is 0 Å². The first-order valence-corrected chi connectivity index (χ1v) is 6.09. The molecule has 0 aliphatic rings. The summed E-state index contributed by atoms with van der Waals surface area (Å²) < 4.78 is 0. The average molecular weight is 217 g/mol. The molecule has 1 heteroatoms. The van der Waals surface area contributed by atoms with Gasteiger partial charge in [0.05, 0.1) is 5.69 Å². The van der Waals surface area contributed by atoms with Gasteiger partial charge in [0, 0.05) is 5.71 Å². The molecule has 1 aromatic carbocycles. The molecule has 1 aromatic rings. The van der Waals surface area contributed by atoms with E-state index in [2.05, 4.69) is 58.9 Å². The van der Waals surface area contributed by atoms with Crippen LogP contribution in [0, 0.1) is 5.41 Å². The molecule has 0 spiro atoms. The zero-order valence-electron chi connectivity index (χ0n) is 11.2. The lowest BCUT2D eigenvalue weighted by Crippen LogP contribution is -2.16. The van der Waals surface area contributed by atoms with Crippen LogP contribution in [-0.4, -0.2) is 5.71 Å². The van der Waals surface area contributed by atoms with Gasteiger partial charge in [-0.3, -0.25) is 4.99 Å². The van der Waals surface area contributed by atoms with E-state index in [1.807, 2.05) is 0 Å². The lowest BCUT2D eigenvalue weighted by Gasteiger charge is -2.18. The molecule has 16 heavy (non-hydrogen) atoms. The molecule has 88 valence electrons. The van der Waals surface area contributed by atoms with E-state index in [0.717, 1.165) is 12.1 Å². The van der Waals surface area contributed by atoms with Crippen molar-refractivity contribution in [2.45, 2.75) is 47.5 Å². The fourth-order valence-electron chi connectivity index (χ4n) is 1.45. The van der Waals surface area contributed by atoms with Gasteiger partial charge in [0.15, 0.2) is 0 Å². The summed E-state index contributed by atoms with van der Waals surface area (Å²) in [4.78, 5) is 4.77. The Morgan fingerprint density at radius 1 is 1.19 bits per heavy atom. The highest BCUT2D eigenvalue weighted by atomic mass is 14.8. The maximum absolute atomic E-state index is 4.77. The highest BCUT2D eigenvalue weighted by Crippen LogP contribution is 2.24. The molecule has 0 bridgehead atoms. The van der Waals surface area contributed by atoms with E-state index in [1.165, 1.54) is 17.7 Å². The number of para-hydroxylation sites is 1. The van der Waals surface area contributed by atoms with Crippen molar-refractivity contribution in [3.63, 3.8) is 0 Å². The summed E-state index contributed by atoms with van der Waals surface area (Å²) >= 11 is 0. The quantitative estimate of drug-likeness (QED) is 0.646. The molecule has 0 unspecified atom stereocenters. The van der Waals surface area contributed by atoms with Gasteiger partial charge in [-0.15, -0.1) is 0 Å². The maximum Gasteiger partial charge on any atom is 0.0661 e. The minimum Gasteiger partial charge on any atom is -0.257 e. The van der Waals surface area contributed by atoms with Crippen LogP contribution in [0.4, 0.5) is 5.69 Å². The summed E-state index contributed by atoms with van der Waals surface area (Å²) in [5, 5.41) is 0. The number of hydrogen-bond acceptors (Lipinski definition) is 1.